The van der Waals surface area contributed by atoms with Gasteiger partial charge < -0.3 is 4.74 Å². The van der Waals surface area contributed by atoms with Gasteiger partial charge in [0.2, 0.25) is 0 Å². The van der Waals surface area contributed by atoms with E-state index in [9.17, 15) is 4.39 Å². The summed E-state index contributed by atoms with van der Waals surface area (Å²) in [5.74, 6) is -0.178. The van der Waals surface area contributed by atoms with Crippen molar-refractivity contribution < 1.29 is 9.13 Å². The third kappa shape index (κ3) is 3.21. The summed E-state index contributed by atoms with van der Waals surface area (Å²) in [4.78, 5) is 2.34. The second kappa shape index (κ2) is 6.36. The first-order valence-corrected chi connectivity index (χ1v) is 6.35. The molecule has 1 aromatic carbocycles. The highest BCUT2D eigenvalue weighted by Gasteiger charge is 2.11. The number of hydrogen-bond acceptors (Lipinski definition) is 3. The third-order valence-corrected chi connectivity index (χ3v) is 3.20. The minimum absolute atomic E-state index is 0.00357. The molecule has 1 fully saturated rings. The summed E-state index contributed by atoms with van der Waals surface area (Å²) in [6, 6.07) is 6.31. The summed E-state index contributed by atoms with van der Waals surface area (Å²) < 4.78 is 18.8. The Morgan fingerprint density at radius 2 is 2.06 bits per heavy atom. The number of benzene rings is 1. The number of halogens is 1. The monoisotopic (exact) mass is 248 g/mol. The van der Waals surface area contributed by atoms with Gasteiger partial charge in [-0.25, -0.2) is 4.39 Å². The fraction of sp³-hybridized carbons (Fsp3) is 0.500. The summed E-state index contributed by atoms with van der Waals surface area (Å²) in [6.45, 7) is 3.55. The van der Waals surface area contributed by atoms with Gasteiger partial charge in [-0.1, -0.05) is 12.5 Å². The Bertz CT molecular complexity index is 436. The Balaban J connectivity index is 1.86. The maximum Gasteiger partial charge on any atom is 0.144 e. The van der Waals surface area contributed by atoms with E-state index in [1.807, 2.05) is 6.07 Å². The molecule has 0 radical (unpaired) electrons. The van der Waals surface area contributed by atoms with Crippen molar-refractivity contribution in [3.8, 4) is 11.8 Å². The van der Waals surface area contributed by atoms with Crippen LogP contribution in [0, 0.1) is 17.1 Å². The minimum Gasteiger partial charge on any atom is -0.491 e. The van der Waals surface area contributed by atoms with Gasteiger partial charge in [-0.2, -0.15) is 5.26 Å². The van der Waals surface area contributed by atoms with Crippen LogP contribution in [-0.4, -0.2) is 31.1 Å². The van der Waals surface area contributed by atoms with Gasteiger partial charge in [0.25, 0.3) is 0 Å². The Hall–Kier alpha value is -1.60. The Kier molecular flexibility index (Phi) is 4.54. The first-order chi connectivity index (χ1) is 8.81. The molecule has 0 amide bonds. The van der Waals surface area contributed by atoms with Crippen LogP contribution in [0.4, 0.5) is 4.39 Å². The van der Waals surface area contributed by atoms with Gasteiger partial charge in [-0.3, -0.25) is 4.90 Å². The molecule has 4 heteroatoms. The fourth-order valence-corrected chi connectivity index (χ4v) is 2.20. The highest BCUT2D eigenvalue weighted by Crippen LogP contribution is 2.20. The predicted molar refractivity (Wildman–Crippen MR) is 66.9 cm³/mol. The number of rotatable bonds is 4. The zero-order valence-corrected chi connectivity index (χ0v) is 10.4. The standard InChI is InChI=1S/C14H17FN2O/c15-13-5-4-6-14(12(13)11-16)18-10-9-17-7-2-1-3-8-17/h4-6H,1-3,7-10H2. The molecule has 0 saturated carbocycles. The topological polar surface area (TPSA) is 36.3 Å². The number of hydrogen-bond donors (Lipinski definition) is 0. The van der Waals surface area contributed by atoms with Crippen LogP contribution in [0.2, 0.25) is 0 Å². The van der Waals surface area contributed by atoms with Crippen LogP contribution in [-0.2, 0) is 0 Å². The van der Waals surface area contributed by atoms with Gasteiger partial charge in [-0.15, -0.1) is 0 Å². The first-order valence-electron chi connectivity index (χ1n) is 6.35. The van der Waals surface area contributed by atoms with Crippen molar-refractivity contribution in [3.05, 3.63) is 29.6 Å². The summed E-state index contributed by atoms with van der Waals surface area (Å²) in [6.07, 6.45) is 3.78. The molecule has 0 aromatic heterocycles. The van der Waals surface area contributed by atoms with Crippen LogP contribution in [0.15, 0.2) is 18.2 Å². The average Bonchev–Trinajstić information content (AvgIpc) is 2.40. The van der Waals surface area contributed by atoms with Crippen LogP contribution in [0.1, 0.15) is 24.8 Å². The Morgan fingerprint density at radius 3 is 2.78 bits per heavy atom. The third-order valence-electron chi connectivity index (χ3n) is 3.20. The molecule has 96 valence electrons. The lowest BCUT2D eigenvalue weighted by atomic mass is 10.1. The van der Waals surface area contributed by atoms with E-state index in [0.717, 1.165) is 19.6 Å². The van der Waals surface area contributed by atoms with Crippen LogP contribution >= 0.6 is 0 Å². The molecular formula is C14H17FN2O. The molecule has 1 aromatic rings. The lowest BCUT2D eigenvalue weighted by Gasteiger charge is -2.26. The maximum absolute atomic E-state index is 13.3. The molecule has 18 heavy (non-hydrogen) atoms. The van der Waals surface area contributed by atoms with Crippen molar-refractivity contribution in [2.24, 2.45) is 0 Å². The molecule has 1 aliphatic heterocycles. The second-order valence-electron chi connectivity index (χ2n) is 4.48. The number of nitrogens with zero attached hydrogens (tertiary/aromatic N) is 2. The van der Waals surface area contributed by atoms with Crippen LogP contribution < -0.4 is 4.74 Å². The van der Waals surface area contributed by atoms with Crippen molar-refractivity contribution in [1.82, 2.24) is 4.90 Å². The van der Waals surface area contributed by atoms with Crippen molar-refractivity contribution in [1.29, 1.82) is 5.26 Å². The quantitative estimate of drug-likeness (QED) is 0.821. The molecule has 1 saturated heterocycles. The fourth-order valence-electron chi connectivity index (χ4n) is 2.20. The molecule has 0 N–H and O–H groups in total. The summed E-state index contributed by atoms with van der Waals surface area (Å²) >= 11 is 0. The van der Waals surface area contributed by atoms with Gasteiger partial charge in [0.1, 0.15) is 29.8 Å². The molecule has 1 heterocycles. The molecule has 0 spiro atoms. The number of nitriles is 1. The van der Waals surface area contributed by atoms with Gasteiger partial charge in [0.05, 0.1) is 0 Å². The maximum atomic E-state index is 13.3. The van der Waals surface area contributed by atoms with Crippen molar-refractivity contribution in [2.45, 2.75) is 19.3 Å². The normalized spacial score (nSPS) is 16.2. The highest BCUT2D eigenvalue weighted by molar-refractivity contribution is 5.43. The van der Waals surface area contributed by atoms with Crippen LogP contribution in [0.5, 0.6) is 5.75 Å². The van der Waals surface area contributed by atoms with Crippen LogP contribution in [0.3, 0.4) is 0 Å². The average molecular weight is 248 g/mol. The lowest BCUT2D eigenvalue weighted by molar-refractivity contribution is 0.183. The number of piperidine rings is 1. The first kappa shape index (κ1) is 12.8. The van der Waals surface area contributed by atoms with Crippen molar-refractivity contribution in [2.75, 3.05) is 26.2 Å². The van der Waals surface area contributed by atoms with Gasteiger partial charge >= 0.3 is 0 Å². The van der Waals surface area contributed by atoms with E-state index in [1.54, 1.807) is 12.1 Å². The Labute approximate surface area is 107 Å². The molecule has 3 nitrogen and oxygen atoms in total. The van der Waals surface area contributed by atoms with Crippen molar-refractivity contribution in [3.63, 3.8) is 0 Å². The van der Waals surface area contributed by atoms with Gasteiger partial charge in [-0.05, 0) is 38.1 Å². The minimum atomic E-state index is -0.520. The van der Waals surface area contributed by atoms with E-state index in [-0.39, 0.29) is 5.56 Å². The van der Waals surface area contributed by atoms with E-state index in [2.05, 4.69) is 4.90 Å². The van der Waals surface area contributed by atoms with E-state index >= 15 is 0 Å². The van der Waals surface area contributed by atoms with Crippen LogP contribution in [0.25, 0.3) is 0 Å². The lowest BCUT2D eigenvalue weighted by Crippen LogP contribution is -2.33. The molecular weight excluding hydrogens is 231 g/mol. The zero-order chi connectivity index (χ0) is 12.8. The predicted octanol–water partition coefficient (Wildman–Crippen LogP) is 2.56. The molecule has 0 bridgehead atoms. The van der Waals surface area contributed by atoms with E-state index in [0.29, 0.717) is 12.4 Å². The highest BCUT2D eigenvalue weighted by atomic mass is 19.1. The smallest absolute Gasteiger partial charge is 0.144 e. The molecule has 0 atom stereocenters. The number of likely N-dealkylation sites (tertiary alicyclic amines) is 1. The van der Waals surface area contributed by atoms with Gasteiger partial charge in [0, 0.05) is 6.54 Å². The zero-order valence-electron chi connectivity index (χ0n) is 10.4. The summed E-state index contributed by atoms with van der Waals surface area (Å²) in [7, 11) is 0. The second-order valence-corrected chi connectivity index (χ2v) is 4.48. The SMILES string of the molecule is N#Cc1c(F)cccc1OCCN1CCCCC1. The molecule has 0 aliphatic carbocycles. The summed E-state index contributed by atoms with van der Waals surface area (Å²) in [5, 5.41) is 8.87. The summed E-state index contributed by atoms with van der Waals surface area (Å²) in [5.41, 5.74) is -0.00357. The Morgan fingerprint density at radius 1 is 1.28 bits per heavy atom. The van der Waals surface area contributed by atoms with E-state index < -0.39 is 5.82 Å². The van der Waals surface area contributed by atoms with E-state index in [4.69, 9.17) is 10.00 Å². The van der Waals surface area contributed by atoms with Gasteiger partial charge in [0.15, 0.2) is 0 Å². The largest absolute Gasteiger partial charge is 0.491 e. The molecule has 1 aliphatic rings. The molecule has 2 rings (SSSR count). The molecule has 0 unspecified atom stereocenters. The van der Waals surface area contributed by atoms with Crippen molar-refractivity contribution >= 4 is 0 Å². The van der Waals surface area contributed by atoms with E-state index in [1.165, 1.54) is 25.3 Å². The number of ether oxygens (including phenoxy) is 1.